The second-order valence-electron chi connectivity index (χ2n) is 9.22. The van der Waals surface area contributed by atoms with Crippen LogP contribution in [0, 0.1) is 0 Å². The third-order valence-corrected chi connectivity index (χ3v) is 5.86. The molecule has 4 rings (SSSR count). The Labute approximate surface area is 187 Å². The number of halogens is 1. The van der Waals surface area contributed by atoms with Gasteiger partial charge in [-0.1, -0.05) is 23.7 Å². The molecule has 0 spiro atoms. The van der Waals surface area contributed by atoms with Crippen molar-refractivity contribution in [3.05, 3.63) is 58.6 Å². The molecule has 1 amide bonds. The molecule has 2 aromatic rings. The SMILES string of the molecule is CC(C)(C)OC(=O)N1CCC(c2cccc3c2O[C@](C)(c2ccc(Cl)cc2)O3)C(O)C1. The van der Waals surface area contributed by atoms with E-state index < -0.39 is 23.6 Å². The Morgan fingerprint density at radius 2 is 1.90 bits per heavy atom. The normalized spacial score (nSPS) is 25.4. The molecule has 1 saturated heterocycles. The van der Waals surface area contributed by atoms with Crippen molar-refractivity contribution in [1.82, 2.24) is 4.90 Å². The molecule has 2 aliphatic rings. The van der Waals surface area contributed by atoms with E-state index in [1.54, 1.807) is 17.0 Å². The van der Waals surface area contributed by atoms with Crippen LogP contribution in [0.1, 0.15) is 51.2 Å². The molecule has 0 saturated carbocycles. The van der Waals surface area contributed by atoms with Gasteiger partial charge in [0.1, 0.15) is 5.60 Å². The van der Waals surface area contributed by atoms with Gasteiger partial charge in [0, 0.05) is 35.5 Å². The molecule has 2 aromatic carbocycles. The number of hydrogen-bond donors (Lipinski definition) is 1. The van der Waals surface area contributed by atoms with Gasteiger partial charge in [-0.25, -0.2) is 4.79 Å². The number of ether oxygens (including phenoxy) is 3. The van der Waals surface area contributed by atoms with Gasteiger partial charge in [-0.05, 0) is 57.5 Å². The van der Waals surface area contributed by atoms with Crippen LogP contribution in [0.25, 0.3) is 0 Å². The fraction of sp³-hybridized carbons (Fsp3) is 0.458. The molecule has 2 unspecified atom stereocenters. The molecule has 6 nitrogen and oxygen atoms in total. The standard InChI is InChI=1S/C24H28ClNO5/c1-23(2,3)31-22(28)26-13-12-17(19(27)14-26)18-6-5-7-20-21(18)30-24(4,29-20)15-8-10-16(25)11-9-15/h5-11,17,19,27H,12-14H2,1-4H3/t17?,19?,24-/m1/s1. The summed E-state index contributed by atoms with van der Waals surface area (Å²) in [6.07, 6.45) is -0.547. The Morgan fingerprint density at radius 3 is 2.55 bits per heavy atom. The summed E-state index contributed by atoms with van der Waals surface area (Å²) in [4.78, 5) is 14.0. The van der Waals surface area contributed by atoms with Crippen LogP contribution in [0.3, 0.4) is 0 Å². The molecular weight excluding hydrogens is 418 g/mol. The highest BCUT2D eigenvalue weighted by atomic mass is 35.5. The van der Waals surface area contributed by atoms with Crippen molar-refractivity contribution >= 4 is 17.7 Å². The van der Waals surface area contributed by atoms with E-state index in [-0.39, 0.29) is 12.5 Å². The molecule has 0 radical (unpaired) electrons. The number of piperidine rings is 1. The van der Waals surface area contributed by atoms with Gasteiger partial charge in [0.2, 0.25) is 0 Å². The Morgan fingerprint density at radius 1 is 1.19 bits per heavy atom. The molecule has 7 heteroatoms. The van der Waals surface area contributed by atoms with E-state index in [1.165, 1.54) is 0 Å². The van der Waals surface area contributed by atoms with E-state index in [2.05, 4.69) is 0 Å². The van der Waals surface area contributed by atoms with Gasteiger partial charge >= 0.3 is 6.09 Å². The van der Waals surface area contributed by atoms with Gasteiger partial charge in [0.25, 0.3) is 5.79 Å². The van der Waals surface area contributed by atoms with E-state index in [4.69, 9.17) is 25.8 Å². The number of fused-ring (bicyclic) bond motifs is 1. The summed E-state index contributed by atoms with van der Waals surface area (Å²) in [6.45, 7) is 8.05. The topological polar surface area (TPSA) is 68.2 Å². The van der Waals surface area contributed by atoms with Crippen LogP contribution in [-0.4, -0.2) is 40.9 Å². The number of nitrogens with zero attached hydrogens (tertiary/aromatic N) is 1. The fourth-order valence-corrected chi connectivity index (χ4v) is 4.22. The zero-order valence-electron chi connectivity index (χ0n) is 18.2. The Bertz CT molecular complexity index is 971. The zero-order chi connectivity index (χ0) is 22.4. The molecule has 1 fully saturated rings. The first-order valence-corrected chi connectivity index (χ1v) is 10.9. The van der Waals surface area contributed by atoms with E-state index in [0.717, 1.165) is 11.1 Å². The van der Waals surface area contributed by atoms with E-state index in [0.29, 0.717) is 29.5 Å². The first-order valence-electron chi connectivity index (χ1n) is 10.5. The lowest BCUT2D eigenvalue weighted by atomic mass is 9.86. The number of hydrogen-bond acceptors (Lipinski definition) is 5. The van der Waals surface area contributed by atoms with Crippen LogP contribution in [0.4, 0.5) is 4.79 Å². The van der Waals surface area contributed by atoms with Crippen LogP contribution >= 0.6 is 11.6 Å². The minimum atomic E-state index is -0.981. The van der Waals surface area contributed by atoms with Gasteiger partial charge in [0.15, 0.2) is 11.5 Å². The Kier molecular flexibility index (Phi) is 5.56. The number of likely N-dealkylation sites (tertiary alicyclic amines) is 1. The molecule has 3 atom stereocenters. The smallest absolute Gasteiger partial charge is 0.410 e. The predicted octanol–water partition coefficient (Wildman–Crippen LogP) is 5.07. The summed E-state index contributed by atoms with van der Waals surface area (Å²) >= 11 is 6.02. The molecule has 0 bridgehead atoms. The highest BCUT2D eigenvalue weighted by Crippen LogP contribution is 2.49. The van der Waals surface area contributed by atoms with Crippen molar-refractivity contribution in [3.8, 4) is 11.5 Å². The molecule has 1 N–H and O–H groups in total. The van der Waals surface area contributed by atoms with E-state index in [1.807, 2.05) is 58.0 Å². The molecule has 31 heavy (non-hydrogen) atoms. The maximum Gasteiger partial charge on any atom is 0.410 e. The fourth-order valence-electron chi connectivity index (χ4n) is 4.10. The summed E-state index contributed by atoms with van der Waals surface area (Å²) in [5.74, 6) is 0.113. The van der Waals surface area contributed by atoms with Crippen LogP contribution in [0.15, 0.2) is 42.5 Å². The predicted molar refractivity (Wildman–Crippen MR) is 118 cm³/mol. The zero-order valence-corrected chi connectivity index (χ0v) is 19.0. The minimum Gasteiger partial charge on any atom is -0.445 e. The molecular formula is C24H28ClNO5. The van der Waals surface area contributed by atoms with Gasteiger partial charge in [-0.15, -0.1) is 0 Å². The number of carbonyl (C=O) groups excluding carboxylic acids is 1. The number of benzene rings is 2. The average molecular weight is 446 g/mol. The van der Waals surface area contributed by atoms with Crippen molar-refractivity contribution in [2.24, 2.45) is 0 Å². The van der Waals surface area contributed by atoms with Crippen molar-refractivity contribution in [1.29, 1.82) is 0 Å². The Hall–Kier alpha value is -2.44. The van der Waals surface area contributed by atoms with Crippen molar-refractivity contribution in [2.45, 2.75) is 57.5 Å². The number of carbonyl (C=O) groups is 1. The van der Waals surface area contributed by atoms with Crippen LogP contribution in [0.5, 0.6) is 11.5 Å². The van der Waals surface area contributed by atoms with Gasteiger partial charge in [-0.2, -0.15) is 0 Å². The number of amides is 1. The van der Waals surface area contributed by atoms with E-state index in [9.17, 15) is 9.90 Å². The summed E-state index contributed by atoms with van der Waals surface area (Å²) in [6, 6.07) is 13.1. The molecule has 166 valence electrons. The van der Waals surface area contributed by atoms with Crippen LogP contribution in [-0.2, 0) is 10.5 Å². The monoisotopic (exact) mass is 445 g/mol. The summed E-state index contributed by atoms with van der Waals surface area (Å²) in [7, 11) is 0. The third kappa shape index (κ3) is 4.46. The summed E-state index contributed by atoms with van der Waals surface area (Å²) in [5, 5.41) is 11.5. The quantitative estimate of drug-likeness (QED) is 0.699. The number of aliphatic hydroxyl groups is 1. The number of β-amino-alcohol motifs (C(OH)–C–C–N with tert-alkyl or cyclic N) is 1. The molecule has 2 aliphatic heterocycles. The number of rotatable bonds is 2. The summed E-state index contributed by atoms with van der Waals surface area (Å²) < 4.78 is 17.9. The second-order valence-corrected chi connectivity index (χ2v) is 9.66. The number of para-hydroxylation sites is 1. The minimum absolute atomic E-state index is 0.176. The Balaban J connectivity index is 1.53. The molecule has 0 aliphatic carbocycles. The molecule has 0 aromatic heterocycles. The van der Waals surface area contributed by atoms with E-state index >= 15 is 0 Å². The highest BCUT2D eigenvalue weighted by molar-refractivity contribution is 6.30. The average Bonchev–Trinajstić information content (AvgIpc) is 3.04. The first-order chi connectivity index (χ1) is 14.6. The maximum absolute atomic E-state index is 12.4. The van der Waals surface area contributed by atoms with Crippen molar-refractivity contribution in [3.63, 3.8) is 0 Å². The maximum atomic E-state index is 12.4. The third-order valence-electron chi connectivity index (χ3n) is 5.61. The van der Waals surface area contributed by atoms with Gasteiger partial charge < -0.3 is 24.2 Å². The van der Waals surface area contributed by atoms with Crippen LogP contribution < -0.4 is 9.47 Å². The largest absolute Gasteiger partial charge is 0.445 e. The van der Waals surface area contributed by atoms with Gasteiger partial charge in [0.05, 0.1) is 12.6 Å². The lowest BCUT2D eigenvalue weighted by molar-refractivity contribution is -0.0688. The van der Waals surface area contributed by atoms with Gasteiger partial charge in [-0.3, -0.25) is 0 Å². The van der Waals surface area contributed by atoms with Crippen molar-refractivity contribution < 1.29 is 24.1 Å². The van der Waals surface area contributed by atoms with Crippen molar-refractivity contribution in [2.75, 3.05) is 13.1 Å². The first kappa shape index (κ1) is 21.8. The second kappa shape index (κ2) is 7.92. The molecule has 2 heterocycles. The highest BCUT2D eigenvalue weighted by Gasteiger charge is 2.42. The van der Waals surface area contributed by atoms with Crippen LogP contribution in [0.2, 0.25) is 5.02 Å². The number of aliphatic hydroxyl groups excluding tert-OH is 1. The lowest BCUT2D eigenvalue weighted by Gasteiger charge is -2.37. The lowest BCUT2D eigenvalue weighted by Crippen LogP contribution is -2.47. The summed E-state index contributed by atoms with van der Waals surface area (Å²) in [5.41, 5.74) is 1.15.